The zero-order chi connectivity index (χ0) is 19.9. The Morgan fingerprint density at radius 1 is 1.22 bits per heavy atom. The molecule has 27 heavy (non-hydrogen) atoms. The highest BCUT2D eigenvalue weighted by Gasteiger charge is 2.15. The molecule has 6 nitrogen and oxygen atoms in total. The van der Waals surface area contributed by atoms with E-state index in [0.29, 0.717) is 6.61 Å². The van der Waals surface area contributed by atoms with Crippen molar-refractivity contribution in [1.82, 2.24) is 15.2 Å². The molecule has 0 unspecified atom stereocenters. The Balaban J connectivity index is 1.84. The first-order valence-corrected chi connectivity index (χ1v) is 9.82. The van der Waals surface area contributed by atoms with Gasteiger partial charge in [-0.15, -0.1) is 11.3 Å². The maximum atomic E-state index is 11.7. The van der Waals surface area contributed by atoms with E-state index in [4.69, 9.17) is 9.47 Å². The summed E-state index contributed by atoms with van der Waals surface area (Å²) in [6.45, 7) is 7.66. The second-order valence-corrected chi connectivity index (χ2v) is 8.73. The number of amides is 1. The quantitative estimate of drug-likeness (QED) is 0.685. The molecule has 1 aromatic carbocycles. The number of alkyl carbamates (subject to hydrolysis) is 1. The van der Waals surface area contributed by atoms with Gasteiger partial charge in [0.1, 0.15) is 17.4 Å². The number of aromatic nitrogens is 1. The molecule has 0 aliphatic carbocycles. The van der Waals surface area contributed by atoms with Crippen LogP contribution in [0, 0.1) is 0 Å². The Bertz CT molecular complexity index is 721. The van der Waals surface area contributed by atoms with Gasteiger partial charge >= 0.3 is 6.09 Å². The molecular formula is C20H29N3O3S. The van der Waals surface area contributed by atoms with E-state index in [0.717, 1.165) is 34.2 Å². The summed E-state index contributed by atoms with van der Waals surface area (Å²) in [4.78, 5) is 19.2. The maximum absolute atomic E-state index is 11.7. The predicted molar refractivity (Wildman–Crippen MR) is 109 cm³/mol. The molecule has 0 radical (unpaired) electrons. The third-order valence-electron chi connectivity index (χ3n) is 3.50. The summed E-state index contributed by atoms with van der Waals surface area (Å²) in [5.74, 6) is 0.858. The second kappa shape index (κ2) is 9.71. The van der Waals surface area contributed by atoms with Crippen LogP contribution in [0.5, 0.6) is 5.75 Å². The standard InChI is InChI=1S/C20H29N3O3S/c1-20(2,3)22-19(24)26-14-17-13-21-18(27-17)15-7-9-16(10-8-15)25-12-6-11-23(4)5/h7-10,13H,6,11-12,14H2,1-5H3,(H,22,24). The van der Waals surface area contributed by atoms with E-state index in [1.54, 1.807) is 6.20 Å². The summed E-state index contributed by atoms with van der Waals surface area (Å²) in [5.41, 5.74) is 0.706. The Morgan fingerprint density at radius 2 is 1.93 bits per heavy atom. The van der Waals surface area contributed by atoms with Crippen LogP contribution in [0.25, 0.3) is 10.6 Å². The maximum Gasteiger partial charge on any atom is 0.407 e. The van der Waals surface area contributed by atoms with Crippen LogP contribution in [0.15, 0.2) is 30.5 Å². The number of rotatable bonds is 8. The number of ether oxygens (including phenoxy) is 2. The van der Waals surface area contributed by atoms with Gasteiger partial charge in [-0.05, 0) is 65.6 Å². The Labute approximate surface area is 165 Å². The van der Waals surface area contributed by atoms with Gasteiger partial charge in [-0.1, -0.05) is 0 Å². The number of nitrogens with one attached hydrogen (secondary N) is 1. The molecule has 7 heteroatoms. The van der Waals surface area contributed by atoms with E-state index < -0.39 is 6.09 Å². The minimum Gasteiger partial charge on any atom is -0.494 e. The van der Waals surface area contributed by atoms with E-state index in [-0.39, 0.29) is 12.1 Å². The van der Waals surface area contributed by atoms with Crippen LogP contribution in [0.1, 0.15) is 32.1 Å². The van der Waals surface area contributed by atoms with E-state index in [2.05, 4.69) is 29.3 Å². The smallest absolute Gasteiger partial charge is 0.407 e. The first kappa shape index (κ1) is 21.2. The Morgan fingerprint density at radius 3 is 2.56 bits per heavy atom. The first-order chi connectivity index (χ1) is 12.7. The van der Waals surface area contributed by atoms with Gasteiger partial charge in [-0.25, -0.2) is 9.78 Å². The van der Waals surface area contributed by atoms with Gasteiger partial charge in [0.05, 0.1) is 11.5 Å². The van der Waals surface area contributed by atoms with Gasteiger partial charge in [-0.3, -0.25) is 0 Å². The van der Waals surface area contributed by atoms with Gasteiger partial charge < -0.3 is 19.7 Å². The van der Waals surface area contributed by atoms with Gasteiger partial charge in [0.15, 0.2) is 0 Å². The van der Waals surface area contributed by atoms with E-state index in [9.17, 15) is 4.79 Å². The number of nitrogens with zero attached hydrogens (tertiary/aromatic N) is 2. The second-order valence-electron chi connectivity index (χ2n) is 7.61. The van der Waals surface area contributed by atoms with Crippen LogP contribution in [-0.4, -0.2) is 48.8 Å². The lowest BCUT2D eigenvalue weighted by atomic mass is 10.1. The van der Waals surface area contributed by atoms with Crippen molar-refractivity contribution in [1.29, 1.82) is 0 Å². The number of benzene rings is 1. The third kappa shape index (κ3) is 7.97. The van der Waals surface area contributed by atoms with Crippen molar-refractivity contribution in [2.75, 3.05) is 27.2 Å². The fourth-order valence-electron chi connectivity index (χ4n) is 2.25. The third-order valence-corrected chi connectivity index (χ3v) is 4.52. The van der Waals surface area contributed by atoms with Gasteiger partial charge in [-0.2, -0.15) is 0 Å². The lowest BCUT2D eigenvalue weighted by molar-refractivity contribution is 0.132. The van der Waals surface area contributed by atoms with Crippen molar-refractivity contribution < 1.29 is 14.3 Å². The molecular weight excluding hydrogens is 362 g/mol. The summed E-state index contributed by atoms with van der Waals surface area (Å²) < 4.78 is 11.0. The molecule has 1 N–H and O–H groups in total. The molecule has 0 spiro atoms. The van der Waals surface area contributed by atoms with Crippen molar-refractivity contribution in [2.45, 2.75) is 39.3 Å². The zero-order valence-corrected chi connectivity index (χ0v) is 17.6. The summed E-state index contributed by atoms with van der Waals surface area (Å²) in [6, 6.07) is 7.91. The van der Waals surface area contributed by atoms with Crippen LogP contribution in [0.4, 0.5) is 4.79 Å². The summed E-state index contributed by atoms with van der Waals surface area (Å²) in [6.07, 6.45) is 2.32. The molecule has 0 saturated heterocycles. The summed E-state index contributed by atoms with van der Waals surface area (Å²) >= 11 is 1.51. The van der Waals surface area contributed by atoms with Crippen molar-refractivity contribution in [2.24, 2.45) is 0 Å². The van der Waals surface area contributed by atoms with Crippen LogP contribution in [-0.2, 0) is 11.3 Å². The largest absolute Gasteiger partial charge is 0.494 e. The molecule has 0 bridgehead atoms. The summed E-state index contributed by atoms with van der Waals surface area (Å²) in [7, 11) is 4.11. The highest BCUT2D eigenvalue weighted by Crippen LogP contribution is 2.27. The minimum atomic E-state index is -0.423. The number of carbonyl (C=O) groups excluding carboxylic acids is 1. The number of thiazole rings is 1. The topological polar surface area (TPSA) is 63.7 Å². The van der Waals surface area contributed by atoms with Crippen molar-refractivity contribution in [3.8, 4) is 16.3 Å². The lowest BCUT2D eigenvalue weighted by Crippen LogP contribution is -2.40. The average molecular weight is 392 g/mol. The van der Waals surface area contributed by atoms with Crippen LogP contribution >= 0.6 is 11.3 Å². The van der Waals surface area contributed by atoms with Crippen molar-refractivity contribution in [3.05, 3.63) is 35.3 Å². The molecule has 0 atom stereocenters. The number of hydrogen-bond acceptors (Lipinski definition) is 6. The fourth-order valence-corrected chi connectivity index (χ4v) is 3.08. The molecule has 0 fully saturated rings. The highest BCUT2D eigenvalue weighted by atomic mass is 32.1. The minimum absolute atomic E-state index is 0.215. The molecule has 148 valence electrons. The SMILES string of the molecule is CN(C)CCCOc1ccc(-c2ncc(COC(=O)NC(C)(C)C)s2)cc1. The predicted octanol–water partition coefficient (Wildman–Crippen LogP) is 4.17. The fraction of sp³-hybridized carbons (Fsp3) is 0.500. The van der Waals surface area contributed by atoms with Gasteiger partial charge in [0, 0.05) is 23.8 Å². The highest BCUT2D eigenvalue weighted by molar-refractivity contribution is 7.15. The molecule has 0 aliphatic rings. The van der Waals surface area contributed by atoms with E-state index >= 15 is 0 Å². The van der Waals surface area contributed by atoms with Crippen molar-refractivity contribution in [3.63, 3.8) is 0 Å². The van der Waals surface area contributed by atoms with Crippen molar-refractivity contribution >= 4 is 17.4 Å². The Hall–Kier alpha value is -2.12. The van der Waals surface area contributed by atoms with Crippen LogP contribution in [0.2, 0.25) is 0 Å². The lowest BCUT2D eigenvalue weighted by Gasteiger charge is -2.19. The monoisotopic (exact) mass is 391 g/mol. The Kier molecular flexibility index (Phi) is 7.62. The van der Waals surface area contributed by atoms with Crippen LogP contribution in [0.3, 0.4) is 0 Å². The van der Waals surface area contributed by atoms with Crippen LogP contribution < -0.4 is 10.1 Å². The average Bonchev–Trinajstić information content (AvgIpc) is 3.05. The first-order valence-electron chi connectivity index (χ1n) is 9.00. The summed E-state index contributed by atoms with van der Waals surface area (Å²) in [5, 5.41) is 3.66. The number of carbonyl (C=O) groups is 1. The number of hydrogen-bond donors (Lipinski definition) is 1. The van der Waals surface area contributed by atoms with Gasteiger partial charge in [0.25, 0.3) is 0 Å². The molecule has 2 rings (SSSR count). The van der Waals surface area contributed by atoms with E-state index in [1.165, 1.54) is 11.3 Å². The molecule has 1 aromatic heterocycles. The molecule has 1 amide bonds. The van der Waals surface area contributed by atoms with Gasteiger partial charge in [0.2, 0.25) is 0 Å². The molecule has 0 aliphatic heterocycles. The molecule has 1 heterocycles. The molecule has 2 aromatic rings. The van der Waals surface area contributed by atoms with E-state index in [1.807, 2.05) is 45.0 Å². The molecule has 0 saturated carbocycles. The normalized spacial score (nSPS) is 11.5. The zero-order valence-electron chi connectivity index (χ0n) is 16.7.